The minimum atomic E-state index is -1.08. The highest BCUT2D eigenvalue weighted by molar-refractivity contribution is 5.93. The molecule has 0 aromatic heterocycles. The second-order valence-electron chi connectivity index (χ2n) is 9.21. The number of carbonyl (C=O) groups is 4. The first-order chi connectivity index (χ1) is 20.8. The second-order valence-corrected chi connectivity index (χ2v) is 9.21. The number of carboxylic acid groups (broad SMARTS) is 1. The fraction of sp³-hybridized carbons (Fsp3) is 0.312. The Labute approximate surface area is 249 Å². The average Bonchev–Trinajstić information content (AvgIpc) is 3.02. The lowest BCUT2D eigenvalue weighted by Gasteiger charge is -2.10. The van der Waals surface area contributed by atoms with Crippen molar-refractivity contribution < 1.29 is 52.7 Å². The number of esters is 3. The summed E-state index contributed by atoms with van der Waals surface area (Å²) >= 11 is 0. The number of ether oxygens (including phenoxy) is 6. The Morgan fingerprint density at radius 3 is 1.49 bits per heavy atom. The van der Waals surface area contributed by atoms with E-state index in [1.165, 1.54) is 48.5 Å². The lowest BCUT2D eigenvalue weighted by molar-refractivity contribution is -0.149. The van der Waals surface area contributed by atoms with Crippen molar-refractivity contribution in [1.29, 1.82) is 0 Å². The Bertz CT molecular complexity index is 1330. The molecule has 0 radical (unpaired) electrons. The van der Waals surface area contributed by atoms with Crippen LogP contribution in [-0.4, -0.2) is 68.6 Å². The van der Waals surface area contributed by atoms with Crippen LogP contribution in [-0.2, 0) is 19.0 Å². The van der Waals surface area contributed by atoms with Crippen molar-refractivity contribution in [1.82, 2.24) is 0 Å². The second kappa shape index (κ2) is 17.3. The maximum absolute atomic E-state index is 12.5. The van der Waals surface area contributed by atoms with E-state index in [1.54, 1.807) is 24.3 Å². The van der Waals surface area contributed by atoms with Gasteiger partial charge in [0.1, 0.15) is 30.5 Å². The van der Waals surface area contributed by atoms with Gasteiger partial charge in [-0.15, -0.1) is 0 Å². The summed E-state index contributed by atoms with van der Waals surface area (Å²) in [6.45, 7) is 5.67. The van der Waals surface area contributed by atoms with E-state index < -0.39 is 17.9 Å². The minimum Gasteiger partial charge on any atom is -0.491 e. The highest BCUT2D eigenvalue weighted by Gasteiger charge is 2.13. The molecule has 11 heteroatoms. The van der Waals surface area contributed by atoms with Gasteiger partial charge in [0.2, 0.25) is 0 Å². The van der Waals surface area contributed by atoms with E-state index in [0.29, 0.717) is 44.3 Å². The first-order valence-electron chi connectivity index (χ1n) is 13.7. The van der Waals surface area contributed by atoms with Crippen molar-refractivity contribution in [2.24, 2.45) is 5.92 Å². The summed E-state index contributed by atoms with van der Waals surface area (Å²) in [5, 5.41) is 8.95. The SMILES string of the molecule is CCC(C)C(=O)OCCOCCOCCOc1ccc(C(=O)Oc2ccc(C(=O)Oc3ccc(C(=O)O)cc3)cc2)cc1. The molecule has 0 fully saturated rings. The van der Waals surface area contributed by atoms with E-state index in [-0.39, 0.29) is 41.1 Å². The maximum atomic E-state index is 12.5. The average molecular weight is 595 g/mol. The van der Waals surface area contributed by atoms with Crippen LogP contribution in [0.2, 0.25) is 0 Å². The molecule has 3 rings (SSSR count). The predicted octanol–water partition coefficient (Wildman–Crippen LogP) is 4.82. The van der Waals surface area contributed by atoms with Crippen LogP contribution in [0.3, 0.4) is 0 Å². The number of carboxylic acids is 1. The van der Waals surface area contributed by atoms with E-state index in [4.69, 9.17) is 33.5 Å². The molecule has 3 aromatic rings. The van der Waals surface area contributed by atoms with Gasteiger partial charge >= 0.3 is 23.9 Å². The largest absolute Gasteiger partial charge is 0.491 e. The zero-order valence-electron chi connectivity index (χ0n) is 24.0. The van der Waals surface area contributed by atoms with Gasteiger partial charge in [-0.05, 0) is 79.2 Å². The summed E-state index contributed by atoms with van der Waals surface area (Å²) in [7, 11) is 0. The molecule has 0 heterocycles. The molecule has 0 saturated heterocycles. The van der Waals surface area contributed by atoms with Crippen LogP contribution in [0.25, 0.3) is 0 Å². The molecule has 1 atom stereocenters. The lowest BCUT2D eigenvalue weighted by Crippen LogP contribution is -2.18. The normalized spacial score (nSPS) is 11.3. The van der Waals surface area contributed by atoms with E-state index in [9.17, 15) is 19.2 Å². The monoisotopic (exact) mass is 594 g/mol. The zero-order valence-corrected chi connectivity index (χ0v) is 24.0. The highest BCUT2D eigenvalue weighted by Crippen LogP contribution is 2.19. The Morgan fingerprint density at radius 2 is 1.02 bits per heavy atom. The molecule has 0 aliphatic carbocycles. The van der Waals surface area contributed by atoms with Crippen molar-refractivity contribution in [2.45, 2.75) is 20.3 Å². The number of hydrogen-bond acceptors (Lipinski definition) is 10. The van der Waals surface area contributed by atoms with Gasteiger partial charge in [0.15, 0.2) is 0 Å². The van der Waals surface area contributed by atoms with Crippen molar-refractivity contribution in [3.63, 3.8) is 0 Å². The third-order valence-electron chi connectivity index (χ3n) is 6.06. The predicted molar refractivity (Wildman–Crippen MR) is 154 cm³/mol. The lowest BCUT2D eigenvalue weighted by atomic mass is 10.1. The molecule has 43 heavy (non-hydrogen) atoms. The molecule has 1 N–H and O–H groups in total. The molecule has 0 aliphatic heterocycles. The number of aromatic carboxylic acids is 1. The maximum Gasteiger partial charge on any atom is 0.343 e. The molecule has 1 unspecified atom stereocenters. The van der Waals surface area contributed by atoms with Gasteiger partial charge in [-0.1, -0.05) is 13.8 Å². The minimum absolute atomic E-state index is 0.0762. The Morgan fingerprint density at radius 1 is 0.605 bits per heavy atom. The van der Waals surface area contributed by atoms with Gasteiger partial charge in [-0.3, -0.25) is 4.79 Å². The molecule has 0 aliphatic rings. The summed E-state index contributed by atoms with van der Waals surface area (Å²) in [5.74, 6) is -1.65. The fourth-order valence-electron chi connectivity index (χ4n) is 3.39. The van der Waals surface area contributed by atoms with Crippen LogP contribution < -0.4 is 14.2 Å². The number of hydrogen-bond donors (Lipinski definition) is 1. The van der Waals surface area contributed by atoms with Crippen molar-refractivity contribution in [3.05, 3.63) is 89.5 Å². The van der Waals surface area contributed by atoms with E-state index >= 15 is 0 Å². The summed E-state index contributed by atoms with van der Waals surface area (Å²) < 4.78 is 32.1. The number of carbonyl (C=O) groups excluding carboxylic acids is 3. The van der Waals surface area contributed by atoms with Crippen LogP contribution in [0.5, 0.6) is 17.2 Å². The molecule has 0 bridgehead atoms. The third-order valence-corrected chi connectivity index (χ3v) is 6.06. The summed E-state index contributed by atoms with van der Waals surface area (Å²) in [5.41, 5.74) is 0.607. The Hall–Kier alpha value is -4.74. The topological polar surface area (TPSA) is 144 Å². The van der Waals surface area contributed by atoms with Crippen molar-refractivity contribution >= 4 is 23.9 Å². The van der Waals surface area contributed by atoms with Crippen LogP contribution in [0.15, 0.2) is 72.8 Å². The molecule has 11 nitrogen and oxygen atoms in total. The highest BCUT2D eigenvalue weighted by atomic mass is 16.6. The van der Waals surface area contributed by atoms with E-state index in [1.807, 2.05) is 13.8 Å². The fourth-order valence-corrected chi connectivity index (χ4v) is 3.39. The van der Waals surface area contributed by atoms with Crippen molar-refractivity contribution in [2.75, 3.05) is 39.6 Å². The molecule has 0 saturated carbocycles. The third kappa shape index (κ3) is 11.2. The van der Waals surface area contributed by atoms with Crippen molar-refractivity contribution in [3.8, 4) is 17.2 Å². The van der Waals surface area contributed by atoms with Crippen LogP contribution in [0.4, 0.5) is 0 Å². The Kier molecular flexibility index (Phi) is 13.2. The van der Waals surface area contributed by atoms with Gasteiger partial charge in [0.05, 0.1) is 49.0 Å². The summed E-state index contributed by atoms with van der Waals surface area (Å²) in [6.07, 6.45) is 0.739. The van der Waals surface area contributed by atoms with Gasteiger partial charge in [-0.2, -0.15) is 0 Å². The standard InChI is InChI=1S/C32H34O11/c1-3-22(2)30(35)41-21-19-39-17-16-38-18-20-40-26-10-6-24(7-11-26)31(36)43-28-14-8-25(9-15-28)32(37)42-27-12-4-23(5-13-27)29(33)34/h4-15,22H,3,16-21H2,1-2H3,(H,33,34). The first kappa shape index (κ1) is 32.8. The van der Waals surface area contributed by atoms with Gasteiger partial charge in [0.25, 0.3) is 0 Å². The van der Waals surface area contributed by atoms with Gasteiger partial charge in [-0.25, -0.2) is 14.4 Å². The van der Waals surface area contributed by atoms with E-state index in [0.717, 1.165) is 6.42 Å². The van der Waals surface area contributed by atoms with Gasteiger partial charge in [0, 0.05) is 0 Å². The quantitative estimate of drug-likeness (QED) is 0.130. The molecule has 3 aromatic carbocycles. The summed E-state index contributed by atoms with van der Waals surface area (Å²) in [4.78, 5) is 47.3. The molecular weight excluding hydrogens is 560 g/mol. The first-order valence-corrected chi connectivity index (χ1v) is 13.7. The molecule has 0 amide bonds. The van der Waals surface area contributed by atoms with Crippen LogP contribution in [0.1, 0.15) is 51.3 Å². The van der Waals surface area contributed by atoms with Crippen LogP contribution >= 0.6 is 0 Å². The van der Waals surface area contributed by atoms with Gasteiger partial charge < -0.3 is 33.5 Å². The summed E-state index contributed by atoms with van der Waals surface area (Å²) in [6, 6.07) is 17.7. The van der Waals surface area contributed by atoms with Crippen LogP contribution in [0, 0.1) is 5.92 Å². The Balaban J connectivity index is 1.31. The number of benzene rings is 3. The van der Waals surface area contributed by atoms with E-state index in [2.05, 4.69) is 0 Å². The molecule has 0 spiro atoms. The zero-order chi connectivity index (χ0) is 31.0. The molecular formula is C32H34O11. The smallest absolute Gasteiger partial charge is 0.343 e. The number of rotatable bonds is 17. The molecule has 228 valence electrons.